The molecule has 7 heteroatoms. The summed E-state index contributed by atoms with van der Waals surface area (Å²) in [5, 5.41) is 12.3. The predicted octanol–water partition coefficient (Wildman–Crippen LogP) is 4.83. The van der Waals surface area contributed by atoms with Crippen LogP contribution in [0.2, 0.25) is 0 Å². The van der Waals surface area contributed by atoms with Crippen molar-refractivity contribution in [3.8, 4) is 23.0 Å². The molecule has 4 aromatic rings. The number of aromatic nitrogens is 5. The molecule has 1 aromatic carbocycles. The van der Waals surface area contributed by atoms with Gasteiger partial charge in [0, 0.05) is 6.20 Å². The number of aryl methyl sites for hydroxylation is 3. The molecule has 0 saturated heterocycles. The molecule has 4 rings (SSSR count). The van der Waals surface area contributed by atoms with Gasteiger partial charge in [-0.3, -0.25) is 0 Å². The third-order valence-electron chi connectivity index (χ3n) is 5.17. The van der Waals surface area contributed by atoms with E-state index < -0.39 is 0 Å². The van der Waals surface area contributed by atoms with Crippen molar-refractivity contribution in [3.63, 3.8) is 0 Å². The summed E-state index contributed by atoms with van der Waals surface area (Å²) in [6.07, 6.45) is 3.67. The van der Waals surface area contributed by atoms with Crippen LogP contribution in [0.25, 0.3) is 17.1 Å². The maximum Gasteiger partial charge on any atom is 0.238 e. The van der Waals surface area contributed by atoms with E-state index in [1.165, 1.54) is 11.1 Å². The monoisotopic (exact) mass is 414 g/mol. The lowest BCUT2D eigenvalue weighted by Crippen LogP contribution is -2.10. The number of benzene rings is 1. The molecule has 0 aliphatic carbocycles. The fourth-order valence-corrected chi connectivity index (χ4v) is 3.46. The summed E-state index contributed by atoms with van der Waals surface area (Å²) in [4.78, 5) is 8.91. The SMILES string of the molecule is COc1nc(-c2cc(C)c(N[C@@H](C)c3cccc(C)c3)nn2)ccc1-n1cnc(C)c1. The van der Waals surface area contributed by atoms with E-state index in [0.29, 0.717) is 17.3 Å². The van der Waals surface area contributed by atoms with Gasteiger partial charge in [0.2, 0.25) is 5.88 Å². The van der Waals surface area contributed by atoms with E-state index in [9.17, 15) is 0 Å². The molecule has 158 valence electrons. The van der Waals surface area contributed by atoms with E-state index in [1.807, 2.05) is 42.8 Å². The number of methoxy groups -OCH3 is 1. The van der Waals surface area contributed by atoms with Gasteiger partial charge in [-0.05, 0) is 57.0 Å². The lowest BCUT2D eigenvalue weighted by molar-refractivity contribution is 0.396. The molecular formula is C24H26N6O. The van der Waals surface area contributed by atoms with E-state index in [2.05, 4.69) is 63.6 Å². The van der Waals surface area contributed by atoms with Crippen LogP contribution in [0.15, 0.2) is 55.0 Å². The van der Waals surface area contributed by atoms with Gasteiger partial charge < -0.3 is 14.6 Å². The number of hydrogen-bond donors (Lipinski definition) is 1. The lowest BCUT2D eigenvalue weighted by atomic mass is 10.1. The molecule has 0 aliphatic rings. The Labute approximate surface area is 182 Å². The van der Waals surface area contributed by atoms with E-state index in [4.69, 9.17) is 4.74 Å². The fourth-order valence-electron chi connectivity index (χ4n) is 3.46. The first-order valence-corrected chi connectivity index (χ1v) is 10.2. The van der Waals surface area contributed by atoms with Crippen molar-refractivity contribution in [1.82, 2.24) is 24.7 Å². The van der Waals surface area contributed by atoms with Crippen LogP contribution in [0.4, 0.5) is 5.82 Å². The highest BCUT2D eigenvalue weighted by molar-refractivity contribution is 5.61. The van der Waals surface area contributed by atoms with Crippen LogP contribution >= 0.6 is 0 Å². The molecule has 3 aromatic heterocycles. The van der Waals surface area contributed by atoms with Crippen molar-refractivity contribution in [3.05, 3.63) is 77.4 Å². The molecule has 1 N–H and O–H groups in total. The van der Waals surface area contributed by atoms with Gasteiger partial charge in [-0.1, -0.05) is 29.8 Å². The van der Waals surface area contributed by atoms with Crippen LogP contribution < -0.4 is 10.1 Å². The van der Waals surface area contributed by atoms with Gasteiger partial charge in [0.25, 0.3) is 0 Å². The Balaban J connectivity index is 1.59. The quantitative estimate of drug-likeness (QED) is 0.487. The number of nitrogens with one attached hydrogen (secondary N) is 1. The van der Waals surface area contributed by atoms with Crippen LogP contribution in [0.5, 0.6) is 5.88 Å². The first-order chi connectivity index (χ1) is 14.9. The molecule has 3 heterocycles. The standard InChI is InChI=1S/C24H26N6O/c1-15-7-6-8-19(11-15)18(4)26-23-16(2)12-21(28-29-23)20-9-10-22(24(27-20)31-5)30-13-17(3)25-14-30/h6-14,18H,1-5H3,(H,26,29)/t18-/m0/s1. The summed E-state index contributed by atoms with van der Waals surface area (Å²) in [6.45, 7) is 8.17. The van der Waals surface area contributed by atoms with Crippen LogP contribution in [-0.2, 0) is 0 Å². The van der Waals surface area contributed by atoms with Crippen LogP contribution in [0.1, 0.15) is 35.3 Å². The molecule has 7 nitrogen and oxygen atoms in total. The molecule has 1 atom stereocenters. The van der Waals surface area contributed by atoms with E-state index >= 15 is 0 Å². The number of imidazole rings is 1. The topological polar surface area (TPSA) is 77.8 Å². The Morgan fingerprint density at radius 3 is 2.52 bits per heavy atom. The summed E-state index contributed by atoms with van der Waals surface area (Å²) in [6, 6.07) is 14.4. The minimum absolute atomic E-state index is 0.120. The average molecular weight is 415 g/mol. The third kappa shape index (κ3) is 4.40. The number of nitrogens with zero attached hydrogens (tertiary/aromatic N) is 5. The van der Waals surface area contributed by atoms with E-state index in [0.717, 1.165) is 22.8 Å². The zero-order chi connectivity index (χ0) is 22.0. The molecule has 0 fully saturated rings. The summed E-state index contributed by atoms with van der Waals surface area (Å²) in [5.41, 5.74) is 6.59. The highest BCUT2D eigenvalue weighted by Crippen LogP contribution is 2.27. The summed E-state index contributed by atoms with van der Waals surface area (Å²) in [7, 11) is 1.61. The van der Waals surface area contributed by atoms with Gasteiger partial charge in [0.1, 0.15) is 11.4 Å². The van der Waals surface area contributed by atoms with Crippen LogP contribution in [-0.4, -0.2) is 31.8 Å². The van der Waals surface area contributed by atoms with Gasteiger partial charge in [0.05, 0.1) is 30.9 Å². The van der Waals surface area contributed by atoms with Crippen LogP contribution in [0.3, 0.4) is 0 Å². The normalized spacial score (nSPS) is 11.9. The molecule has 0 saturated carbocycles. The van der Waals surface area contributed by atoms with E-state index in [1.54, 1.807) is 13.4 Å². The van der Waals surface area contributed by atoms with Crippen molar-refractivity contribution in [1.29, 1.82) is 0 Å². The Morgan fingerprint density at radius 1 is 1.00 bits per heavy atom. The summed E-state index contributed by atoms with van der Waals surface area (Å²) >= 11 is 0. The molecule has 0 bridgehead atoms. The average Bonchev–Trinajstić information content (AvgIpc) is 3.20. The number of hydrogen-bond acceptors (Lipinski definition) is 6. The predicted molar refractivity (Wildman–Crippen MR) is 122 cm³/mol. The molecule has 0 amide bonds. The third-order valence-corrected chi connectivity index (χ3v) is 5.17. The zero-order valence-corrected chi connectivity index (χ0v) is 18.4. The first-order valence-electron chi connectivity index (χ1n) is 10.2. The number of ether oxygens (including phenoxy) is 1. The molecule has 0 unspecified atom stereocenters. The molecule has 0 aliphatic heterocycles. The van der Waals surface area contributed by atoms with E-state index in [-0.39, 0.29) is 6.04 Å². The van der Waals surface area contributed by atoms with Crippen molar-refractivity contribution in [2.45, 2.75) is 33.7 Å². The highest BCUT2D eigenvalue weighted by Gasteiger charge is 2.14. The second kappa shape index (κ2) is 8.55. The van der Waals surface area contributed by atoms with Gasteiger partial charge in [0.15, 0.2) is 5.82 Å². The van der Waals surface area contributed by atoms with Crippen molar-refractivity contribution in [2.24, 2.45) is 0 Å². The number of pyridine rings is 1. The maximum absolute atomic E-state index is 5.52. The summed E-state index contributed by atoms with van der Waals surface area (Å²) < 4.78 is 7.41. The molecule has 0 radical (unpaired) electrons. The minimum Gasteiger partial charge on any atom is -0.479 e. The van der Waals surface area contributed by atoms with Gasteiger partial charge in [-0.25, -0.2) is 9.97 Å². The number of rotatable bonds is 6. The van der Waals surface area contributed by atoms with Gasteiger partial charge in [-0.2, -0.15) is 0 Å². The molecule has 31 heavy (non-hydrogen) atoms. The second-order valence-corrected chi connectivity index (χ2v) is 7.69. The Morgan fingerprint density at radius 2 is 1.84 bits per heavy atom. The lowest BCUT2D eigenvalue weighted by Gasteiger charge is -2.17. The minimum atomic E-state index is 0.120. The maximum atomic E-state index is 5.52. The fraction of sp³-hybridized carbons (Fsp3) is 0.250. The smallest absolute Gasteiger partial charge is 0.238 e. The highest BCUT2D eigenvalue weighted by atomic mass is 16.5. The van der Waals surface area contributed by atoms with Crippen molar-refractivity contribution >= 4 is 5.82 Å². The second-order valence-electron chi connectivity index (χ2n) is 7.69. The van der Waals surface area contributed by atoms with Crippen molar-refractivity contribution in [2.75, 3.05) is 12.4 Å². The molecule has 0 spiro atoms. The Bertz CT molecular complexity index is 1220. The van der Waals surface area contributed by atoms with Gasteiger partial charge in [-0.15, -0.1) is 10.2 Å². The van der Waals surface area contributed by atoms with Gasteiger partial charge >= 0.3 is 0 Å². The van der Waals surface area contributed by atoms with Crippen molar-refractivity contribution < 1.29 is 4.74 Å². The first kappa shape index (κ1) is 20.5. The Hall–Kier alpha value is -3.74. The molecular weight excluding hydrogens is 388 g/mol. The van der Waals surface area contributed by atoms with Crippen LogP contribution in [0, 0.1) is 20.8 Å². The largest absolute Gasteiger partial charge is 0.479 e. The zero-order valence-electron chi connectivity index (χ0n) is 18.4. The number of anilines is 1. The Kier molecular flexibility index (Phi) is 5.66. The summed E-state index contributed by atoms with van der Waals surface area (Å²) in [5.74, 6) is 1.26.